The van der Waals surface area contributed by atoms with Gasteiger partial charge >= 0.3 is 0 Å². The van der Waals surface area contributed by atoms with Crippen LogP contribution in [0.3, 0.4) is 0 Å². The molecule has 1 aromatic heterocycles. The molecule has 146 valence electrons. The van der Waals surface area contributed by atoms with E-state index in [2.05, 4.69) is 25.1 Å². The van der Waals surface area contributed by atoms with E-state index in [1.54, 1.807) is 24.4 Å². The topological polar surface area (TPSA) is 106 Å². The highest BCUT2D eigenvalue weighted by molar-refractivity contribution is 7.89. The van der Waals surface area contributed by atoms with E-state index >= 15 is 0 Å². The second-order valence-corrected chi connectivity index (χ2v) is 7.61. The molecule has 0 atom stereocenters. The summed E-state index contributed by atoms with van der Waals surface area (Å²) in [6, 6.07) is 8.39. The molecule has 9 nitrogen and oxygen atoms in total. The predicted molar refractivity (Wildman–Crippen MR) is 102 cm³/mol. The SMILES string of the molecule is COc1ccccc1S(=O)(=O)NCCNc1cc(N2CCOCC2)cnn1. The zero-order chi connectivity index (χ0) is 19.1. The van der Waals surface area contributed by atoms with Gasteiger partial charge in [0.1, 0.15) is 10.6 Å². The van der Waals surface area contributed by atoms with E-state index < -0.39 is 10.0 Å². The Bertz CT molecular complexity index is 856. The molecule has 2 aromatic rings. The molecular formula is C17H23N5O4S. The van der Waals surface area contributed by atoms with Gasteiger partial charge in [0, 0.05) is 32.2 Å². The van der Waals surface area contributed by atoms with Gasteiger partial charge in [0.15, 0.2) is 5.82 Å². The Labute approximate surface area is 158 Å². The first-order valence-corrected chi connectivity index (χ1v) is 10.1. The fourth-order valence-corrected chi connectivity index (χ4v) is 3.93. The third-order valence-electron chi connectivity index (χ3n) is 4.10. The Morgan fingerprint density at radius 1 is 1.22 bits per heavy atom. The minimum atomic E-state index is -3.66. The Kier molecular flexibility index (Phi) is 6.43. The van der Waals surface area contributed by atoms with Crippen molar-refractivity contribution in [2.24, 2.45) is 0 Å². The molecule has 0 unspecified atom stereocenters. The molecular weight excluding hydrogens is 370 g/mol. The number of para-hydroxylation sites is 1. The number of methoxy groups -OCH3 is 1. The number of anilines is 2. The summed E-state index contributed by atoms with van der Waals surface area (Å²) in [6.07, 6.45) is 1.71. The van der Waals surface area contributed by atoms with E-state index in [0.717, 1.165) is 18.8 Å². The van der Waals surface area contributed by atoms with Crippen LogP contribution in [0.4, 0.5) is 11.5 Å². The van der Waals surface area contributed by atoms with Crippen molar-refractivity contribution in [1.82, 2.24) is 14.9 Å². The minimum Gasteiger partial charge on any atom is -0.495 e. The Morgan fingerprint density at radius 3 is 2.78 bits per heavy atom. The summed E-state index contributed by atoms with van der Waals surface area (Å²) in [7, 11) is -2.22. The number of hydrogen-bond acceptors (Lipinski definition) is 8. The number of nitrogens with one attached hydrogen (secondary N) is 2. The summed E-state index contributed by atoms with van der Waals surface area (Å²) in [5.74, 6) is 0.900. The maximum Gasteiger partial charge on any atom is 0.244 e. The lowest BCUT2D eigenvalue weighted by Crippen LogP contribution is -2.36. The van der Waals surface area contributed by atoms with Crippen molar-refractivity contribution in [3.05, 3.63) is 36.5 Å². The number of ether oxygens (including phenoxy) is 2. The van der Waals surface area contributed by atoms with Gasteiger partial charge in [-0.3, -0.25) is 0 Å². The number of hydrogen-bond donors (Lipinski definition) is 2. The summed E-state index contributed by atoms with van der Waals surface area (Å²) in [6.45, 7) is 3.57. The van der Waals surface area contributed by atoms with Gasteiger partial charge in [-0.1, -0.05) is 12.1 Å². The largest absolute Gasteiger partial charge is 0.495 e. The number of benzene rings is 1. The smallest absolute Gasteiger partial charge is 0.244 e. The second kappa shape index (κ2) is 8.98. The summed E-state index contributed by atoms with van der Waals surface area (Å²) in [5.41, 5.74) is 0.963. The zero-order valence-corrected chi connectivity index (χ0v) is 15.9. The van der Waals surface area contributed by atoms with Gasteiger partial charge in [-0.15, -0.1) is 5.10 Å². The van der Waals surface area contributed by atoms with Gasteiger partial charge in [-0.05, 0) is 12.1 Å². The lowest BCUT2D eigenvalue weighted by Gasteiger charge is -2.28. The highest BCUT2D eigenvalue weighted by Gasteiger charge is 2.18. The Hall–Kier alpha value is -2.43. The van der Waals surface area contributed by atoms with Gasteiger partial charge in [0.25, 0.3) is 0 Å². The van der Waals surface area contributed by atoms with E-state index in [4.69, 9.17) is 9.47 Å². The van der Waals surface area contributed by atoms with E-state index in [1.807, 2.05) is 6.07 Å². The summed E-state index contributed by atoms with van der Waals surface area (Å²) in [5, 5.41) is 11.1. The Morgan fingerprint density at radius 2 is 2.00 bits per heavy atom. The van der Waals surface area contributed by atoms with Crippen LogP contribution in [0.1, 0.15) is 0 Å². The van der Waals surface area contributed by atoms with Crippen LogP contribution >= 0.6 is 0 Å². The lowest BCUT2D eigenvalue weighted by molar-refractivity contribution is 0.122. The molecule has 2 N–H and O–H groups in total. The van der Waals surface area contributed by atoms with Crippen LogP contribution in [0, 0.1) is 0 Å². The predicted octanol–water partition coefficient (Wildman–Crippen LogP) is 0.712. The number of sulfonamides is 1. The molecule has 0 amide bonds. The van der Waals surface area contributed by atoms with Crippen molar-refractivity contribution < 1.29 is 17.9 Å². The van der Waals surface area contributed by atoms with Gasteiger partial charge in [0.05, 0.1) is 32.2 Å². The average molecular weight is 393 g/mol. The number of morpholine rings is 1. The molecule has 2 heterocycles. The van der Waals surface area contributed by atoms with Crippen molar-refractivity contribution in [2.45, 2.75) is 4.90 Å². The normalized spacial score (nSPS) is 14.8. The maximum absolute atomic E-state index is 12.4. The fourth-order valence-electron chi connectivity index (χ4n) is 2.73. The molecule has 1 aliphatic rings. The molecule has 0 spiro atoms. The van der Waals surface area contributed by atoms with Crippen molar-refractivity contribution >= 4 is 21.5 Å². The molecule has 1 aliphatic heterocycles. The quantitative estimate of drug-likeness (QED) is 0.632. The van der Waals surface area contributed by atoms with Gasteiger partial charge in [-0.25, -0.2) is 13.1 Å². The number of aromatic nitrogens is 2. The zero-order valence-electron chi connectivity index (χ0n) is 15.1. The van der Waals surface area contributed by atoms with Crippen LogP contribution in [0.5, 0.6) is 5.75 Å². The van der Waals surface area contributed by atoms with Crippen LogP contribution < -0.4 is 19.7 Å². The summed E-state index contributed by atoms with van der Waals surface area (Å²) >= 11 is 0. The standard InChI is InChI=1S/C17H23N5O4S/c1-25-15-4-2-3-5-16(15)27(23,24)20-7-6-18-17-12-14(13-19-21-17)22-8-10-26-11-9-22/h2-5,12-13,20H,6-11H2,1H3,(H,18,21). The first-order chi connectivity index (χ1) is 13.1. The fraction of sp³-hybridized carbons (Fsp3) is 0.412. The Balaban J connectivity index is 1.54. The third-order valence-corrected chi connectivity index (χ3v) is 5.60. The number of rotatable bonds is 8. The van der Waals surface area contributed by atoms with E-state index in [1.165, 1.54) is 13.2 Å². The van der Waals surface area contributed by atoms with Crippen LogP contribution in [0.2, 0.25) is 0 Å². The van der Waals surface area contributed by atoms with Crippen molar-refractivity contribution in [3.8, 4) is 5.75 Å². The van der Waals surface area contributed by atoms with Crippen LogP contribution in [-0.4, -0.2) is 65.1 Å². The average Bonchev–Trinajstić information content (AvgIpc) is 2.72. The van der Waals surface area contributed by atoms with E-state index in [9.17, 15) is 8.42 Å². The van der Waals surface area contributed by atoms with Crippen molar-refractivity contribution in [1.29, 1.82) is 0 Å². The third kappa shape index (κ3) is 5.06. The second-order valence-electron chi connectivity index (χ2n) is 5.87. The highest BCUT2D eigenvalue weighted by atomic mass is 32.2. The number of nitrogens with zero attached hydrogens (tertiary/aromatic N) is 3. The lowest BCUT2D eigenvalue weighted by atomic mass is 10.3. The highest BCUT2D eigenvalue weighted by Crippen LogP contribution is 2.22. The molecule has 27 heavy (non-hydrogen) atoms. The molecule has 0 radical (unpaired) electrons. The van der Waals surface area contributed by atoms with E-state index in [0.29, 0.717) is 31.3 Å². The minimum absolute atomic E-state index is 0.113. The monoisotopic (exact) mass is 393 g/mol. The molecule has 1 aromatic carbocycles. The molecule has 3 rings (SSSR count). The summed E-state index contributed by atoms with van der Waals surface area (Å²) in [4.78, 5) is 2.29. The molecule has 0 aliphatic carbocycles. The van der Waals surface area contributed by atoms with Crippen LogP contribution in [0.15, 0.2) is 41.4 Å². The maximum atomic E-state index is 12.4. The van der Waals surface area contributed by atoms with Gasteiger partial charge < -0.3 is 19.7 Å². The van der Waals surface area contributed by atoms with Crippen LogP contribution in [-0.2, 0) is 14.8 Å². The van der Waals surface area contributed by atoms with Crippen LogP contribution in [0.25, 0.3) is 0 Å². The molecule has 1 fully saturated rings. The van der Waals surface area contributed by atoms with Crippen molar-refractivity contribution in [3.63, 3.8) is 0 Å². The molecule has 10 heteroatoms. The van der Waals surface area contributed by atoms with Gasteiger partial charge in [-0.2, -0.15) is 5.10 Å². The van der Waals surface area contributed by atoms with E-state index in [-0.39, 0.29) is 11.4 Å². The first-order valence-electron chi connectivity index (χ1n) is 8.62. The van der Waals surface area contributed by atoms with Gasteiger partial charge in [0.2, 0.25) is 10.0 Å². The first kappa shape index (κ1) is 19.3. The van der Waals surface area contributed by atoms with Crippen molar-refractivity contribution in [2.75, 3.05) is 56.7 Å². The molecule has 1 saturated heterocycles. The molecule has 0 bridgehead atoms. The summed E-state index contributed by atoms with van der Waals surface area (Å²) < 4.78 is 37.8. The molecule has 0 saturated carbocycles.